The number of hydrogen-bond donors (Lipinski definition) is 1. The van der Waals surface area contributed by atoms with Gasteiger partial charge in [-0.1, -0.05) is 39.5 Å². The minimum absolute atomic E-state index is 0.793. The van der Waals surface area contributed by atoms with Crippen molar-refractivity contribution in [1.29, 1.82) is 0 Å². The topological polar surface area (TPSA) is 12.0 Å². The summed E-state index contributed by atoms with van der Waals surface area (Å²) >= 11 is 0. The predicted molar refractivity (Wildman–Crippen MR) is 58.9 cm³/mol. The quantitative estimate of drug-likeness (QED) is 0.667. The first-order chi connectivity index (χ1) is 6.24. The lowest BCUT2D eigenvalue weighted by atomic mass is 9.86. The fourth-order valence-corrected chi connectivity index (χ4v) is 2.24. The largest absolute Gasteiger partial charge is 0.314 e. The summed E-state index contributed by atoms with van der Waals surface area (Å²) in [6, 6.07) is 0.793. The maximum Gasteiger partial charge on any atom is 0.00792 e. The van der Waals surface area contributed by atoms with Gasteiger partial charge in [-0.2, -0.15) is 0 Å². The second-order valence-electron chi connectivity index (χ2n) is 4.78. The van der Waals surface area contributed by atoms with Crippen LogP contribution >= 0.6 is 0 Å². The Balaban J connectivity index is 1.94. The highest BCUT2D eigenvalue weighted by Gasteiger charge is 2.24. The van der Waals surface area contributed by atoms with Gasteiger partial charge in [0, 0.05) is 6.04 Å². The van der Waals surface area contributed by atoms with E-state index in [1.807, 2.05) is 0 Å². The lowest BCUT2D eigenvalue weighted by Gasteiger charge is -2.35. The Kier molecular flexibility index (Phi) is 4.79. The minimum Gasteiger partial charge on any atom is -0.314 e. The van der Waals surface area contributed by atoms with Crippen LogP contribution < -0.4 is 5.32 Å². The fraction of sp³-hybridized carbons (Fsp3) is 1.00. The van der Waals surface area contributed by atoms with Crippen LogP contribution in [0.1, 0.15) is 52.9 Å². The molecule has 0 spiro atoms. The molecule has 1 rings (SSSR count). The third-order valence-electron chi connectivity index (χ3n) is 3.46. The van der Waals surface area contributed by atoms with Crippen LogP contribution in [-0.2, 0) is 0 Å². The third-order valence-corrected chi connectivity index (χ3v) is 3.46. The van der Waals surface area contributed by atoms with E-state index in [2.05, 4.69) is 26.1 Å². The van der Waals surface area contributed by atoms with E-state index >= 15 is 0 Å². The molecule has 3 unspecified atom stereocenters. The van der Waals surface area contributed by atoms with Gasteiger partial charge in [-0.05, 0) is 31.7 Å². The molecule has 0 amide bonds. The van der Waals surface area contributed by atoms with Gasteiger partial charge >= 0.3 is 0 Å². The van der Waals surface area contributed by atoms with Gasteiger partial charge in [0.1, 0.15) is 0 Å². The molecular weight excluding hydrogens is 158 g/mol. The Hall–Kier alpha value is -0.0400. The summed E-state index contributed by atoms with van der Waals surface area (Å²) in [5.41, 5.74) is 0. The molecule has 1 heterocycles. The standard InChI is InChI=1S/C12H25N/c1-4-6-10(2)7-5-8-12-9-13-11(12)3/h10-13H,4-9H2,1-3H3. The van der Waals surface area contributed by atoms with Gasteiger partial charge in [-0.25, -0.2) is 0 Å². The zero-order valence-corrected chi connectivity index (χ0v) is 9.47. The highest BCUT2D eigenvalue weighted by Crippen LogP contribution is 2.22. The van der Waals surface area contributed by atoms with Gasteiger partial charge in [0.15, 0.2) is 0 Å². The summed E-state index contributed by atoms with van der Waals surface area (Å²) < 4.78 is 0. The molecular formula is C12H25N. The third kappa shape index (κ3) is 3.68. The Morgan fingerprint density at radius 2 is 2.15 bits per heavy atom. The summed E-state index contributed by atoms with van der Waals surface area (Å²) in [4.78, 5) is 0. The van der Waals surface area contributed by atoms with Crippen LogP contribution in [0, 0.1) is 11.8 Å². The molecule has 0 aromatic rings. The smallest absolute Gasteiger partial charge is 0.00792 e. The molecule has 1 heteroatoms. The van der Waals surface area contributed by atoms with Gasteiger partial charge in [0.05, 0.1) is 0 Å². The van der Waals surface area contributed by atoms with Crippen molar-refractivity contribution in [1.82, 2.24) is 5.32 Å². The van der Waals surface area contributed by atoms with Crippen LogP contribution in [0.25, 0.3) is 0 Å². The number of nitrogens with one attached hydrogen (secondary N) is 1. The van der Waals surface area contributed by atoms with Crippen molar-refractivity contribution >= 4 is 0 Å². The van der Waals surface area contributed by atoms with Crippen molar-refractivity contribution in [3.8, 4) is 0 Å². The lowest BCUT2D eigenvalue weighted by Crippen LogP contribution is -2.50. The van der Waals surface area contributed by atoms with E-state index < -0.39 is 0 Å². The van der Waals surface area contributed by atoms with Gasteiger partial charge in [0.25, 0.3) is 0 Å². The molecule has 78 valence electrons. The van der Waals surface area contributed by atoms with Crippen LogP contribution in [0.4, 0.5) is 0 Å². The molecule has 1 aliphatic rings. The second-order valence-corrected chi connectivity index (χ2v) is 4.78. The molecule has 0 radical (unpaired) electrons. The molecule has 0 bridgehead atoms. The maximum absolute atomic E-state index is 3.42. The first-order valence-corrected chi connectivity index (χ1v) is 5.97. The molecule has 0 saturated carbocycles. The van der Waals surface area contributed by atoms with E-state index in [9.17, 15) is 0 Å². The highest BCUT2D eigenvalue weighted by atomic mass is 15.0. The maximum atomic E-state index is 3.42. The minimum atomic E-state index is 0.793. The molecule has 0 aromatic carbocycles. The Morgan fingerprint density at radius 1 is 1.38 bits per heavy atom. The van der Waals surface area contributed by atoms with Crippen LogP contribution in [0.5, 0.6) is 0 Å². The molecule has 3 atom stereocenters. The first-order valence-electron chi connectivity index (χ1n) is 5.97. The zero-order valence-electron chi connectivity index (χ0n) is 9.47. The molecule has 1 fully saturated rings. The molecule has 1 saturated heterocycles. The average Bonchev–Trinajstić information content (AvgIpc) is 2.10. The van der Waals surface area contributed by atoms with Crippen molar-refractivity contribution in [2.75, 3.05) is 6.54 Å². The molecule has 0 aromatic heterocycles. The molecule has 1 aliphatic heterocycles. The van der Waals surface area contributed by atoms with Crippen LogP contribution in [0.15, 0.2) is 0 Å². The van der Waals surface area contributed by atoms with Crippen LogP contribution in [-0.4, -0.2) is 12.6 Å². The van der Waals surface area contributed by atoms with Gasteiger partial charge < -0.3 is 5.32 Å². The van der Waals surface area contributed by atoms with Crippen molar-refractivity contribution in [2.45, 2.75) is 58.9 Å². The van der Waals surface area contributed by atoms with Gasteiger partial charge in [-0.15, -0.1) is 0 Å². The summed E-state index contributed by atoms with van der Waals surface area (Å²) in [6.07, 6.45) is 7.10. The van der Waals surface area contributed by atoms with Crippen LogP contribution in [0.3, 0.4) is 0 Å². The van der Waals surface area contributed by atoms with Crippen molar-refractivity contribution in [2.24, 2.45) is 11.8 Å². The molecule has 1 nitrogen and oxygen atoms in total. The molecule has 13 heavy (non-hydrogen) atoms. The van der Waals surface area contributed by atoms with Crippen molar-refractivity contribution in [3.05, 3.63) is 0 Å². The lowest BCUT2D eigenvalue weighted by molar-refractivity contribution is 0.226. The molecule has 0 aliphatic carbocycles. The van der Waals surface area contributed by atoms with Gasteiger partial charge in [-0.3, -0.25) is 0 Å². The zero-order chi connectivity index (χ0) is 9.68. The van der Waals surface area contributed by atoms with E-state index in [0.29, 0.717) is 0 Å². The predicted octanol–water partition coefficient (Wildman–Crippen LogP) is 3.20. The normalized spacial score (nSPS) is 29.8. The van der Waals surface area contributed by atoms with E-state index in [4.69, 9.17) is 0 Å². The van der Waals surface area contributed by atoms with Crippen molar-refractivity contribution in [3.63, 3.8) is 0 Å². The van der Waals surface area contributed by atoms with E-state index in [1.54, 1.807) is 0 Å². The highest BCUT2D eigenvalue weighted by molar-refractivity contribution is 4.83. The Bertz CT molecular complexity index is 133. The number of hydrogen-bond acceptors (Lipinski definition) is 1. The Labute approximate surface area is 83.3 Å². The van der Waals surface area contributed by atoms with Crippen molar-refractivity contribution < 1.29 is 0 Å². The fourth-order valence-electron chi connectivity index (χ4n) is 2.24. The first kappa shape index (κ1) is 11.0. The summed E-state index contributed by atoms with van der Waals surface area (Å²) in [6.45, 7) is 8.26. The average molecular weight is 183 g/mol. The summed E-state index contributed by atoms with van der Waals surface area (Å²) in [5, 5.41) is 3.42. The van der Waals surface area contributed by atoms with E-state index in [1.165, 1.54) is 38.6 Å². The van der Waals surface area contributed by atoms with Crippen LogP contribution in [0.2, 0.25) is 0 Å². The SMILES string of the molecule is CCCC(C)CCCC1CNC1C. The monoisotopic (exact) mass is 183 g/mol. The summed E-state index contributed by atoms with van der Waals surface area (Å²) in [5.74, 6) is 1.93. The Morgan fingerprint density at radius 3 is 2.62 bits per heavy atom. The second kappa shape index (κ2) is 5.64. The van der Waals surface area contributed by atoms with E-state index in [0.717, 1.165) is 17.9 Å². The van der Waals surface area contributed by atoms with Gasteiger partial charge in [0.2, 0.25) is 0 Å². The number of rotatable bonds is 6. The summed E-state index contributed by atoms with van der Waals surface area (Å²) in [7, 11) is 0. The van der Waals surface area contributed by atoms with E-state index in [-0.39, 0.29) is 0 Å². The molecule has 1 N–H and O–H groups in total.